The van der Waals surface area contributed by atoms with Crippen LogP contribution in [0, 0.1) is 17.5 Å². The molecular formula is C15H13F3OS. The SMILES string of the molecule is OC(c1cc2c(s1)CCCC2)c1ccc(F)c(F)c1F. The molecule has 1 aliphatic rings. The van der Waals surface area contributed by atoms with Gasteiger partial charge in [0.05, 0.1) is 0 Å². The average Bonchev–Trinajstić information content (AvgIpc) is 2.88. The van der Waals surface area contributed by atoms with Gasteiger partial charge in [-0.2, -0.15) is 0 Å². The lowest BCUT2D eigenvalue weighted by molar-refractivity contribution is 0.216. The van der Waals surface area contributed by atoms with E-state index in [9.17, 15) is 18.3 Å². The van der Waals surface area contributed by atoms with Gasteiger partial charge >= 0.3 is 0 Å². The van der Waals surface area contributed by atoms with Crippen molar-refractivity contribution in [1.82, 2.24) is 0 Å². The van der Waals surface area contributed by atoms with Gasteiger partial charge in [-0.15, -0.1) is 11.3 Å². The lowest BCUT2D eigenvalue weighted by atomic mass is 9.98. The van der Waals surface area contributed by atoms with E-state index in [0.717, 1.165) is 37.8 Å². The van der Waals surface area contributed by atoms with Gasteiger partial charge in [0.2, 0.25) is 0 Å². The second-order valence-electron chi connectivity index (χ2n) is 4.97. The second kappa shape index (κ2) is 5.22. The molecule has 20 heavy (non-hydrogen) atoms. The van der Waals surface area contributed by atoms with Gasteiger partial charge in [0.15, 0.2) is 17.5 Å². The van der Waals surface area contributed by atoms with Gasteiger partial charge in [0.1, 0.15) is 6.10 Å². The monoisotopic (exact) mass is 298 g/mol. The van der Waals surface area contributed by atoms with E-state index in [2.05, 4.69) is 0 Å². The molecule has 0 spiro atoms. The summed E-state index contributed by atoms with van der Waals surface area (Å²) < 4.78 is 39.9. The summed E-state index contributed by atoms with van der Waals surface area (Å²) >= 11 is 1.42. The number of halogens is 3. The molecule has 1 N–H and O–H groups in total. The third kappa shape index (κ3) is 2.25. The zero-order valence-electron chi connectivity index (χ0n) is 10.6. The Hall–Kier alpha value is -1.33. The quantitative estimate of drug-likeness (QED) is 0.827. The second-order valence-corrected chi connectivity index (χ2v) is 6.14. The summed E-state index contributed by atoms with van der Waals surface area (Å²) in [7, 11) is 0. The maximum atomic E-state index is 13.7. The lowest BCUT2D eigenvalue weighted by Gasteiger charge is -2.10. The smallest absolute Gasteiger partial charge is 0.194 e. The highest BCUT2D eigenvalue weighted by molar-refractivity contribution is 7.12. The van der Waals surface area contributed by atoms with E-state index in [1.807, 2.05) is 6.07 Å². The Morgan fingerprint density at radius 1 is 1.05 bits per heavy atom. The minimum atomic E-state index is -1.54. The molecule has 0 bridgehead atoms. The zero-order chi connectivity index (χ0) is 14.3. The number of fused-ring (bicyclic) bond motifs is 1. The van der Waals surface area contributed by atoms with E-state index in [1.165, 1.54) is 21.8 Å². The first-order chi connectivity index (χ1) is 9.58. The van der Waals surface area contributed by atoms with Crippen LogP contribution in [0.1, 0.15) is 39.8 Å². The molecule has 2 aromatic rings. The molecule has 106 valence electrons. The first-order valence-corrected chi connectivity index (χ1v) is 7.32. The molecular weight excluding hydrogens is 285 g/mol. The Labute approximate surface area is 118 Å². The van der Waals surface area contributed by atoms with Crippen LogP contribution in [0.15, 0.2) is 18.2 Å². The number of hydrogen-bond donors (Lipinski definition) is 1. The van der Waals surface area contributed by atoms with Gasteiger partial charge in [0, 0.05) is 15.3 Å². The van der Waals surface area contributed by atoms with Crippen molar-refractivity contribution in [3.05, 3.63) is 56.5 Å². The van der Waals surface area contributed by atoms with E-state index in [0.29, 0.717) is 4.88 Å². The third-order valence-corrected chi connectivity index (χ3v) is 4.93. The molecule has 5 heteroatoms. The molecule has 0 saturated carbocycles. The third-order valence-electron chi connectivity index (χ3n) is 3.64. The van der Waals surface area contributed by atoms with Gasteiger partial charge in [0.25, 0.3) is 0 Å². The summed E-state index contributed by atoms with van der Waals surface area (Å²) in [6.07, 6.45) is 2.90. The van der Waals surface area contributed by atoms with Gasteiger partial charge < -0.3 is 5.11 Å². The van der Waals surface area contributed by atoms with Crippen LogP contribution in [0.4, 0.5) is 13.2 Å². The average molecular weight is 298 g/mol. The van der Waals surface area contributed by atoms with Crippen molar-refractivity contribution in [2.75, 3.05) is 0 Å². The fourth-order valence-electron chi connectivity index (χ4n) is 2.55. The minimum Gasteiger partial charge on any atom is -0.383 e. The first kappa shape index (κ1) is 13.6. The Morgan fingerprint density at radius 3 is 2.55 bits per heavy atom. The highest BCUT2D eigenvalue weighted by Crippen LogP contribution is 2.36. The molecule has 1 aromatic heterocycles. The summed E-state index contributed by atoms with van der Waals surface area (Å²) in [4.78, 5) is 1.79. The van der Waals surface area contributed by atoms with Crippen LogP contribution < -0.4 is 0 Å². The highest BCUT2D eigenvalue weighted by Gasteiger charge is 2.23. The first-order valence-electron chi connectivity index (χ1n) is 6.51. The fourth-order valence-corrected chi connectivity index (χ4v) is 3.82. The van der Waals surface area contributed by atoms with Crippen LogP contribution in [0.25, 0.3) is 0 Å². The molecule has 1 heterocycles. The number of rotatable bonds is 2. The van der Waals surface area contributed by atoms with Gasteiger partial charge in [-0.3, -0.25) is 0 Å². The highest BCUT2D eigenvalue weighted by atomic mass is 32.1. The number of hydrogen-bond acceptors (Lipinski definition) is 2. The Balaban J connectivity index is 1.98. The van der Waals surface area contributed by atoms with Gasteiger partial charge in [-0.25, -0.2) is 13.2 Å². The maximum Gasteiger partial charge on any atom is 0.194 e. The summed E-state index contributed by atoms with van der Waals surface area (Å²) in [5, 5.41) is 10.2. The van der Waals surface area contributed by atoms with Crippen molar-refractivity contribution in [2.24, 2.45) is 0 Å². The maximum absolute atomic E-state index is 13.7. The summed E-state index contributed by atoms with van der Waals surface area (Å²) in [5.74, 6) is -4.10. The molecule has 0 radical (unpaired) electrons. The van der Waals surface area contributed by atoms with Crippen molar-refractivity contribution >= 4 is 11.3 Å². The number of thiophene rings is 1. The molecule has 1 nitrogen and oxygen atoms in total. The van der Waals surface area contributed by atoms with Crippen molar-refractivity contribution in [1.29, 1.82) is 0 Å². The molecule has 1 unspecified atom stereocenters. The van der Waals surface area contributed by atoms with E-state index in [-0.39, 0.29) is 5.56 Å². The van der Waals surface area contributed by atoms with Crippen molar-refractivity contribution in [3.8, 4) is 0 Å². The zero-order valence-corrected chi connectivity index (χ0v) is 11.4. The molecule has 1 atom stereocenters. The van der Waals surface area contributed by atoms with E-state index in [1.54, 1.807) is 0 Å². The van der Waals surface area contributed by atoms with Crippen LogP contribution in [-0.4, -0.2) is 5.11 Å². The predicted molar refractivity (Wildman–Crippen MR) is 71.3 cm³/mol. The normalized spacial score (nSPS) is 16.0. The Kier molecular flexibility index (Phi) is 3.56. The van der Waals surface area contributed by atoms with E-state index >= 15 is 0 Å². The van der Waals surface area contributed by atoms with E-state index in [4.69, 9.17) is 0 Å². The summed E-state index contributed by atoms with van der Waals surface area (Å²) in [6, 6.07) is 3.78. The summed E-state index contributed by atoms with van der Waals surface area (Å²) in [6.45, 7) is 0. The van der Waals surface area contributed by atoms with Crippen LogP contribution in [0.3, 0.4) is 0 Å². The Morgan fingerprint density at radius 2 is 1.80 bits per heavy atom. The van der Waals surface area contributed by atoms with Crippen LogP contribution >= 0.6 is 11.3 Å². The standard InChI is InChI=1S/C15H13F3OS/c16-10-6-5-9(13(17)14(10)18)15(19)12-7-8-3-1-2-4-11(8)20-12/h5-7,15,19H,1-4H2. The number of aliphatic hydroxyl groups excluding tert-OH is 1. The van der Waals surface area contributed by atoms with Gasteiger partial charge in [-0.05, 0) is 49.4 Å². The Bertz CT molecular complexity index is 627. The summed E-state index contributed by atoms with van der Waals surface area (Å²) in [5.41, 5.74) is 0.959. The molecule has 1 aliphatic carbocycles. The molecule has 0 amide bonds. The largest absolute Gasteiger partial charge is 0.383 e. The van der Waals surface area contributed by atoms with Crippen molar-refractivity contribution < 1.29 is 18.3 Å². The molecule has 0 saturated heterocycles. The fraction of sp³-hybridized carbons (Fsp3) is 0.333. The van der Waals surface area contributed by atoms with Crippen LogP contribution in [0.2, 0.25) is 0 Å². The van der Waals surface area contributed by atoms with Crippen LogP contribution in [-0.2, 0) is 12.8 Å². The minimum absolute atomic E-state index is 0.220. The lowest BCUT2D eigenvalue weighted by Crippen LogP contribution is -2.04. The van der Waals surface area contributed by atoms with Crippen LogP contribution in [0.5, 0.6) is 0 Å². The predicted octanol–water partition coefficient (Wildman–Crippen LogP) is 4.13. The number of aliphatic hydroxyl groups is 1. The van der Waals surface area contributed by atoms with Crippen molar-refractivity contribution in [2.45, 2.75) is 31.8 Å². The number of benzene rings is 1. The van der Waals surface area contributed by atoms with Crippen molar-refractivity contribution in [3.63, 3.8) is 0 Å². The molecule has 3 rings (SSSR count). The molecule has 1 aromatic carbocycles. The molecule has 0 fully saturated rings. The molecule has 0 aliphatic heterocycles. The topological polar surface area (TPSA) is 20.2 Å². The van der Waals surface area contributed by atoms with E-state index < -0.39 is 23.6 Å². The van der Waals surface area contributed by atoms with Gasteiger partial charge in [-0.1, -0.05) is 0 Å². The number of aryl methyl sites for hydroxylation is 2.